The van der Waals surface area contributed by atoms with Crippen molar-refractivity contribution in [2.45, 2.75) is 303 Å². The van der Waals surface area contributed by atoms with Gasteiger partial charge in [0.2, 0.25) is 0 Å². The summed E-state index contributed by atoms with van der Waals surface area (Å²) in [6.07, 6.45) is 72.4. The minimum Gasteiger partial charge on any atom is -0.462 e. The number of phosphoric acid groups is 1. The summed E-state index contributed by atoms with van der Waals surface area (Å²) in [6, 6.07) is 0. The summed E-state index contributed by atoms with van der Waals surface area (Å²) < 4.78 is 39.7. The van der Waals surface area contributed by atoms with Gasteiger partial charge in [-0.3, -0.25) is 23.4 Å². The van der Waals surface area contributed by atoms with Crippen molar-refractivity contribution in [3.8, 4) is 0 Å². The molecule has 0 aromatic rings. The number of aliphatic hydroxyl groups excluding tert-OH is 1. The van der Waals surface area contributed by atoms with Crippen LogP contribution in [0.3, 0.4) is 0 Å². The lowest BCUT2D eigenvalue weighted by Crippen LogP contribution is -2.30. The molecule has 3 unspecified atom stereocenters. The van der Waals surface area contributed by atoms with Crippen LogP contribution in [-0.2, 0) is 42.2 Å². The normalized spacial score (nSPS) is 13.8. The number of aliphatic hydroxyl groups is 1. The van der Waals surface area contributed by atoms with Gasteiger partial charge in [0.05, 0.1) is 19.8 Å². The number of rotatable bonds is 60. The fraction of sp³-hybridized carbons (Fsp3) is 0.750. The quantitative estimate of drug-likeness (QED) is 0.0197. The van der Waals surface area contributed by atoms with Gasteiger partial charge in [-0.2, -0.15) is 0 Å². The van der Waals surface area contributed by atoms with Crippen LogP contribution in [0.5, 0.6) is 0 Å². The van der Waals surface area contributed by atoms with Crippen molar-refractivity contribution in [3.05, 3.63) is 85.1 Å². The Morgan fingerprint density at radius 1 is 0.362 bits per heavy atom. The number of esters is 3. The number of phosphoric ester groups is 1. The average molecular weight is 1140 g/mol. The molecule has 0 heterocycles. The van der Waals surface area contributed by atoms with Gasteiger partial charge in [0, 0.05) is 19.3 Å². The van der Waals surface area contributed by atoms with Crippen LogP contribution in [0.1, 0.15) is 290 Å². The standard InChI is InChI=1S/C68H119O11P/c1-4-7-10-13-16-19-22-25-28-31-32-35-38-41-44-47-50-53-56-59-68(72)79-65(61-75-66(70)57-54-51-48-45-42-39-36-33-29-26-23-20-17-14-11-8-5-2)63-77-80(73,74)76-62-64(60-69)78-67(71)58-55-52-49-46-43-40-37-34-30-27-24-21-18-15-12-9-6-3/h9,12,16,18-19,21,25,27-28,30,32,35,37,40,64-65,69H,4-8,10-11,13-15,17,20,22-24,26,29,31,33-34,36,38-39,41-63H2,1-3H3,(H,73,74)/b12-9-,19-16-,21-18-,28-25-,30-27-,35-32-,40-37-. The molecule has 0 spiro atoms. The summed E-state index contributed by atoms with van der Waals surface area (Å²) in [7, 11) is -4.77. The van der Waals surface area contributed by atoms with Crippen molar-refractivity contribution in [2.24, 2.45) is 0 Å². The Morgan fingerprint density at radius 2 is 0.650 bits per heavy atom. The highest BCUT2D eigenvalue weighted by Crippen LogP contribution is 2.43. The van der Waals surface area contributed by atoms with Gasteiger partial charge in [-0.25, -0.2) is 4.57 Å². The molecule has 2 N–H and O–H groups in total. The maximum atomic E-state index is 13.0. The molecule has 3 atom stereocenters. The smallest absolute Gasteiger partial charge is 0.462 e. The Labute approximate surface area is 490 Å². The molecule has 12 heteroatoms. The second-order valence-electron chi connectivity index (χ2n) is 21.6. The molecule has 0 aromatic carbocycles. The van der Waals surface area contributed by atoms with E-state index in [0.29, 0.717) is 19.3 Å². The van der Waals surface area contributed by atoms with Crippen LogP contribution in [-0.4, -0.2) is 66.5 Å². The van der Waals surface area contributed by atoms with E-state index in [1.54, 1.807) is 0 Å². The highest BCUT2D eigenvalue weighted by molar-refractivity contribution is 7.47. The zero-order valence-electron chi connectivity index (χ0n) is 51.3. The molecule has 0 saturated heterocycles. The van der Waals surface area contributed by atoms with Crippen LogP contribution in [0.4, 0.5) is 0 Å². The minimum atomic E-state index is -4.77. The van der Waals surface area contributed by atoms with E-state index in [1.807, 2.05) is 0 Å². The van der Waals surface area contributed by atoms with Crippen LogP contribution in [0.25, 0.3) is 0 Å². The first-order valence-electron chi connectivity index (χ1n) is 32.5. The van der Waals surface area contributed by atoms with E-state index >= 15 is 0 Å². The van der Waals surface area contributed by atoms with Crippen LogP contribution in [0, 0.1) is 0 Å². The first kappa shape index (κ1) is 76.7. The van der Waals surface area contributed by atoms with Crippen LogP contribution < -0.4 is 0 Å². The summed E-state index contributed by atoms with van der Waals surface area (Å²) >= 11 is 0. The molecule has 0 aliphatic carbocycles. The van der Waals surface area contributed by atoms with Gasteiger partial charge >= 0.3 is 25.7 Å². The molecule has 11 nitrogen and oxygen atoms in total. The van der Waals surface area contributed by atoms with Gasteiger partial charge < -0.3 is 24.2 Å². The molecule has 0 fully saturated rings. The summed E-state index contributed by atoms with van der Waals surface area (Å²) in [4.78, 5) is 48.8. The molecule has 0 bridgehead atoms. The average Bonchev–Trinajstić information content (AvgIpc) is 3.45. The van der Waals surface area contributed by atoms with Crippen molar-refractivity contribution in [2.75, 3.05) is 26.4 Å². The van der Waals surface area contributed by atoms with E-state index < -0.39 is 57.8 Å². The van der Waals surface area contributed by atoms with Gasteiger partial charge in [-0.1, -0.05) is 260 Å². The van der Waals surface area contributed by atoms with Crippen molar-refractivity contribution in [1.29, 1.82) is 0 Å². The predicted octanol–water partition coefficient (Wildman–Crippen LogP) is 19.8. The Morgan fingerprint density at radius 3 is 1.02 bits per heavy atom. The summed E-state index contributed by atoms with van der Waals surface area (Å²) in [5.41, 5.74) is 0. The monoisotopic (exact) mass is 1140 g/mol. The summed E-state index contributed by atoms with van der Waals surface area (Å²) in [5, 5.41) is 9.85. The zero-order valence-corrected chi connectivity index (χ0v) is 52.2. The molecule has 0 aliphatic heterocycles. The lowest BCUT2D eigenvalue weighted by molar-refractivity contribution is -0.161. The van der Waals surface area contributed by atoms with Gasteiger partial charge in [-0.05, 0) is 96.3 Å². The Balaban J connectivity index is 4.74. The van der Waals surface area contributed by atoms with Crippen LogP contribution >= 0.6 is 7.82 Å². The largest absolute Gasteiger partial charge is 0.472 e. The molecule has 0 aliphatic rings. The van der Waals surface area contributed by atoms with E-state index in [1.165, 1.54) is 109 Å². The number of unbranched alkanes of at least 4 members (excludes halogenated alkanes) is 29. The zero-order chi connectivity index (χ0) is 58.3. The first-order valence-corrected chi connectivity index (χ1v) is 34.0. The van der Waals surface area contributed by atoms with Crippen LogP contribution in [0.15, 0.2) is 85.1 Å². The number of carbonyl (C=O) groups excluding carboxylic acids is 3. The number of hydrogen-bond acceptors (Lipinski definition) is 10. The SMILES string of the molecule is CC/C=C\C/C=C\C/C=C\C/C=C\CCCCCCC(=O)OC(CO)COP(=O)(O)OCC(COC(=O)CCCCCCCCCCCCCCCCCCC)OC(=O)CCCCCCCC/C=C\C/C=C\C/C=C\CCCCC. The fourth-order valence-electron chi connectivity index (χ4n) is 8.89. The lowest BCUT2D eigenvalue weighted by atomic mass is 10.0. The molecule has 0 saturated carbocycles. The molecule has 80 heavy (non-hydrogen) atoms. The lowest BCUT2D eigenvalue weighted by Gasteiger charge is -2.21. The van der Waals surface area contributed by atoms with Gasteiger partial charge in [0.25, 0.3) is 0 Å². The first-order chi connectivity index (χ1) is 39.2. The maximum absolute atomic E-state index is 13.0. The van der Waals surface area contributed by atoms with E-state index in [2.05, 4.69) is 106 Å². The topological polar surface area (TPSA) is 155 Å². The van der Waals surface area contributed by atoms with E-state index in [9.17, 15) is 28.9 Å². The number of ether oxygens (including phenoxy) is 3. The van der Waals surface area contributed by atoms with Crippen molar-refractivity contribution in [1.82, 2.24) is 0 Å². The Bertz CT molecular complexity index is 1670. The molecular weight excluding hydrogens is 1020 g/mol. The third-order valence-electron chi connectivity index (χ3n) is 13.8. The fourth-order valence-corrected chi connectivity index (χ4v) is 9.67. The summed E-state index contributed by atoms with van der Waals surface area (Å²) in [5.74, 6) is -1.49. The molecule has 462 valence electrons. The second-order valence-corrected chi connectivity index (χ2v) is 23.0. The van der Waals surface area contributed by atoms with Gasteiger partial charge in [0.1, 0.15) is 12.7 Å². The van der Waals surface area contributed by atoms with E-state index in [-0.39, 0.29) is 25.9 Å². The second kappa shape index (κ2) is 61.7. The Kier molecular flexibility index (Phi) is 59.1. The van der Waals surface area contributed by atoms with E-state index in [4.69, 9.17) is 23.3 Å². The van der Waals surface area contributed by atoms with Gasteiger partial charge in [0.15, 0.2) is 6.10 Å². The molecule has 0 radical (unpaired) electrons. The number of hydrogen-bond donors (Lipinski definition) is 2. The maximum Gasteiger partial charge on any atom is 0.472 e. The molecule has 0 amide bonds. The summed E-state index contributed by atoms with van der Waals surface area (Å²) in [6.45, 7) is 4.51. The highest BCUT2D eigenvalue weighted by atomic mass is 31.2. The minimum absolute atomic E-state index is 0.146. The third-order valence-corrected chi connectivity index (χ3v) is 14.8. The van der Waals surface area contributed by atoms with Crippen LogP contribution in [0.2, 0.25) is 0 Å². The van der Waals surface area contributed by atoms with Crippen molar-refractivity contribution >= 4 is 25.7 Å². The Hall–Kier alpha value is -3.34. The predicted molar refractivity (Wildman–Crippen MR) is 334 cm³/mol. The number of carbonyl (C=O) groups is 3. The molecular formula is C68H119O11P. The van der Waals surface area contributed by atoms with Crippen molar-refractivity contribution in [3.63, 3.8) is 0 Å². The highest BCUT2D eigenvalue weighted by Gasteiger charge is 2.28. The van der Waals surface area contributed by atoms with Gasteiger partial charge in [-0.15, -0.1) is 0 Å². The van der Waals surface area contributed by atoms with Crippen molar-refractivity contribution < 1.29 is 52.2 Å². The number of allylic oxidation sites excluding steroid dienone is 14. The van der Waals surface area contributed by atoms with E-state index in [0.717, 1.165) is 122 Å². The molecule has 0 aromatic heterocycles. The third kappa shape index (κ3) is 59.3. The molecule has 0 rings (SSSR count).